The Bertz CT molecular complexity index is 868. The van der Waals surface area contributed by atoms with Crippen LogP contribution in [0.4, 0.5) is 0 Å². The fourth-order valence-corrected chi connectivity index (χ4v) is 2.55. The van der Waals surface area contributed by atoms with Gasteiger partial charge in [0, 0.05) is 6.42 Å². The SMILES string of the molecule is COc1ccc(/C=C2/N=C(Cc3ccc(OC)c(OC)c3)OC2=O)cc1. The van der Waals surface area contributed by atoms with Gasteiger partial charge in [-0.3, -0.25) is 0 Å². The monoisotopic (exact) mass is 353 g/mol. The van der Waals surface area contributed by atoms with E-state index < -0.39 is 5.97 Å². The van der Waals surface area contributed by atoms with Crippen LogP contribution in [0.2, 0.25) is 0 Å². The second-order valence-corrected chi connectivity index (χ2v) is 5.56. The highest BCUT2D eigenvalue weighted by Crippen LogP contribution is 2.28. The van der Waals surface area contributed by atoms with Crippen molar-refractivity contribution in [3.63, 3.8) is 0 Å². The molecule has 3 rings (SSSR count). The van der Waals surface area contributed by atoms with Gasteiger partial charge in [0.25, 0.3) is 0 Å². The van der Waals surface area contributed by atoms with Gasteiger partial charge in [-0.2, -0.15) is 0 Å². The highest BCUT2D eigenvalue weighted by Gasteiger charge is 2.23. The molecular formula is C20H19NO5. The molecule has 2 aromatic rings. The Hall–Kier alpha value is -3.28. The van der Waals surface area contributed by atoms with E-state index in [1.165, 1.54) is 0 Å². The number of benzene rings is 2. The third kappa shape index (κ3) is 3.85. The van der Waals surface area contributed by atoms with Crippen LogP contribution in [0, 0.1) is 0 Å². The first-order valence-corrected chi connectivity index (χ1v) is 7.99. The minimum Gasteiger partial charge on any atom is -0.497 e. The van der Waals surface area contributed by atoms with Crippen molar-refractivity contribution in [2.45, 2.75) is 6.42 Å². The van der Waals surface area contributed by atoms with E-state index in [1.807, 2.05) is 36.4 Å². The second kappa shape index (κ2) is 7.74. The van der Waals surface area contributed by atoms with Gasteiger partial charge in [-0.1, -0.05) is 18.2 Å². The molecule has 2 aromatic carbocycles. The molecule has 1 aliphatic heterocycles. The smallest absolute Gasteiger partial charge is 0.363 e. The number of ether oxygens (including phenoxy) is 4. The predicted molar refractivity (Wildman–Crippen MR) is 97.7 cm³/mol. The zero-order valence-electron chi connectivity index (χ0n) is 14.8. The van der Waals surface area contributed by atoms with Crippen molar-refractivity contribution in [1.82, 2.24) is 0 Å². The Morgan fingerprint density at radius 1 is 0.962 bits per heavy atom. The van der Waals surface area contributed by atoms with Crippen LogP contribution in [0.3, 0.4) is 0 Å². The fraction of sp³-hybridized carbons (Fsp3) is 0.200. The predicted octanol–water partition coefficient (Wildman–Crippen LogP) is 3.25. The molecule has 1 heterocycles. The number of carbonyl (C=O) groups is 1. The van der Waals surface area contributed by atoms with Gasteiger partial charge in [0.1, 0.15) is 5.75 Å². The molecule has 0 spiro atoms. The van der Waals surface area contributed by atoms with Crippen molar-refractivity contribution in [1.29, 1.82) is 0 Å². The van der Waals surface area contributed by atoms with Crippen LogP contribution in [0.25, 0.3) is 6.08 Å². The molecule has 0 radical (unpaired) electrons. The lowest BCUT2D eigenvalue weighted by Gasteiger charge is -2.09. The molecule has 6 nitrogen and oxygen atoms in total. The Morgan fingerprint density at radius 3 is 2.35 bits per heavy atom. The summed E-state index contributed by atoms with van der Waals surface area (Å²) in [6, 6.07) is 12.9. The third-order valence-electron chi connectivity index (χ3n) is 3.89. The van der Waals surface area contributed by atoms with E-state index >= 15 is 0 Å². The van der Waals surface area contributed by atoms with Crippen LogP contribution in [-0.2, 0) is 16.0 Å². The van der Waals surface area contributed by atoms with Crippen molar-refractivity contribution in [2.24, 2.45) is 4.99 Å². The Morgan fingerprint density at radius 2 is 1.69 bits per heavy atom. The molecule has 0 amide bonds. The van der Waals surface area contributed by atoms with Gasteiger partial charge >= 0.3 is 5.97 Å². The third-order valence-corrected chi connectivity index (χ3v) is 3.89. The van der Waals surface area contributed by atoms with E-state index in [2.05, 4.69) is 4.99 Å². The van der Waals surface area contributed by atoms with Crippen molar-refractivity contribution in [3.05, 3.63) is 59.3 Å². The first kappa shape index (κ1) is 17.5. The largest absolute Gasteiger partial charge is 0.497 e. The summed E-state index contributed by atoms with van der Waals surface area (Å²) in [6.07, 6.45) is 2.06. The molecule has 0 saturated carbocycles. The average molecular weight is 353 g/mol. The summed E-state index contributed by atoms with van der Waals surface area (Å²) in [7, 11) is 4.76. The quantitative estimate of drug-likeness (QED) is 0.589. The number of rotatable bonds is 6. The van der Waals surface area contributed by atoms with E-state index in [4.69, 9.17) is 18.9 Å². The van der Waals surface area contributed by atoms with Crippen molar-refractivity contribution >= 4 is 17.9 Å². The Balaban J connectivity index is 1.78. The van der Waals surface area contributed by atoms with Crippen LogP contribution in [-0.4, -0.2) is 33.2 Å². The zero-order valence-corrected chi connectivity index (χ0v) is 14.8. The normalized spacial score (nSPS) is 14.8. The molecule has 0 aromatic heterocycles. The molecule has 0 fully saturated rings. The topological polar surface area (TPSA) is 66.3 Å². The van der Waals surface area contributed by atoms with Gasteiger partial charge in [-0.05, 0) is 41.5 Å². The Kier molecular flexibility index (Phi) is 5.22. The summed E-state index contributed by atoms with van der Waals surface area (Å²) in [4.78, 5) is 16.4. The summed E-state index contributed by atoms with van der Waals surface area (Å²) >= 11 is 0. The molecule has 0 atom stereocenters. The van der Waals surface area contributed by atoms with E-state index in [0.29, 0.717) is 23.8 Å². The van der Waals surface area contributed by atoms with Gasteiger partial charge in [-0.15, -0.1) is 0 Å². The minimum atomic E-state index is -0.462. The lowest BCUT2D eigenvalue weighted by atomic mass is 10.1. The molecule has 0 aliphatic carbocycles. The molecule has 0 N–H and O–H groups in total. The van der Waals surface area contributed by atoms with Gasteiger partial charge < -0.3 is 18.9 Å². The summed E-state index contributed by atoms with van der Waals surface area (Å²) in [5.41, 5.74) is 2.01. The average Bonchev–Trinajstić information content (AvgIpc) is 3.01. The van der Waals surface area contributed by atoms with Gasteiger partial charge in [-0.25, -0.2) is 9.79 Å². The first-order chi connectivity index (χ1) is 12.6. The number of methoxy groups -OCH3 is 3. The van der Waals surface area contributed by atoms with Crippen LogP contribution in [0.1, 0.15) is 11.1 Å². The van der Waals surface area contributed by atoms with Gasteiger partial charge in [0.2, 0.25) is 5.90 Å². The molecule has 26 heavy (non-hydrogen) atoms. The Labute approximate surface area is 151 Å². The highest BCUT2D eigenvalue weighted by atomic mass is 16.6. The number of nitrogens with zero attached hydrogens (tertiary/aromatic N) is 1. The number of carbonyl (C=O) groups excluding carboxylic acids is 1. The number of hydrogen-bond acceptors (Lipinski definition) is 6. The first-order valence-electron chi connectivity index (χ1n) is 7.99. The van der Waals surface area contributed by atoms with Crippen LogP contribution >= 0.6 is 0 Å². The summed E-state index contributed by atoms with van der Waals surface area (Å²) in [5.74, 6) is 1.89. The molecule has 1 aliphatic rings. The molecule has 0 saturated heterocycles. The fourth-order valence-electron chi connectivity index (χ4n) is 2.55. The molecule has 0 unspecified atom stereocenters. The molecule has 6 heteroatoms. The maximum atomic E-state index is 12.1. The van der Waals surface area contributed by atoms with Gasteiger partial charge in [0.05, 0.1) is 21.3 Å². The van der Waals surface area contributed by atoms with E-state index in [1.54, 1.807) is 33.5 Å². The maximum absolute atomic E-state index is 12.1. The zero-order chi connectivity index (χ0) is 18.5. The highest BCUT2D eigenvalue weighted by molar-refractivity contribution is 6.07. The number of aliphatic imine (C=N–C) groups is 1. The lowest BCUT2D eigenvalue weighted by molar-refractivity contribution is -0.130. The molecule has 0 bridgehead atoms. The summed E-state index contributed by atoms with van der Waals surface area (Å²) in [6.45, 7) is 0. The minimum absolute atomic E-state index is 0.269. The molecule has 134 valence electrons. The summed E-state index contributed by atoms with van der Waals surface area (Å²) < 4.78 is 20.9. The van der Waals surface area contributed by atoms with E-state index in [0.717, 1.165) is 16.9 Å². The van der Waals surface area contributed by atoms with Crippen LogP contribution in [0.15, 0.2) is 53.2 Å². The van der Waals surface area contributed by atoms with E-state index in [9.17, 15) is 4.79 Å². The van der Waals surface area contributed by atoms with Crippen LogP contribution < -0.4 is 14.2 Å². The maximum Gasteiger partial charge on any atom is 0.363 e. The lowest BCUT2D eigenvalue weighted by Crippen LogP contribution is -2.07. The molecular weight excluding hydrogens is 334 g/mol. The summed E-state index contributed by atoms with van der Waals surface area (Å²) in [5, 5.41) is 0. The van der Waals surface area contributed by atoms with Crippen LogP contribution in [0.5, 0.6) is 17.2 Å². The number of cyclic esters (lactones) is 1. The second-order valence-electron chi connectivity index (χ2n) is 5.56. The standard InChI is InChI=1S/C20H19NO5/c1-23-15-7-4-13(5-8-15)10-16-20(22)26-19(21-16)12-14-6-9-17(24-2)18(11-14)25-3/h4-11H,12H2,1-3H3/b16-10+. The van der Waals surface area contributed by atoms with Crippen molar-refractivity contribution < 1.29 is 23.7 Å². The van der Waals surface area contributed by atoms with E-state index in [-0.39, 0.29) is 5.70 Å². The van der Waals surface area contributed by atoms with Gasteiger partial charge in [0.15, 0.2) is 17.2 Å². The number of esters is 1. The van der Waals surface area contributed by atoms with Crippen molar-refractivity contribution in [2.75, 3.05) is 21.3 Å². The number of hydrogen-bond donors (Lipinski definition) is 0. The van der Waals surface area contributed by atoms with Crippen molar-refractivity contribution in [3.8, 4) is 17.2 Å².